The van der Waals surface area contributed by atoms with Crippen molar-refractivity contribution in [3.63, 3.8) is 0 Å². The summed E-state index contributed by atoms with van der Waals surface area (Å²) >= 11 is 6.49. The molecule has 0 spiro atoms. The molecular weight excluding hydrogens is 628 g/mol. The average molecular weight is 662 g/mol. The number of ether oxygens (including phenoxy) is 1. The van der Waals surface area contributed by atoms with Crippen LogP contribution < -0.4 is 14.5 Å². The fourth-order valence-corrected chi connectivity index (χ4v) is 7.96. The van der Waals surface area contributed by atoms with Crippen molar-refractivity contribution in [2.45, 2.75) is 50.2 Å². The minimum absolute atomic E-state index is 0.00468. The third kappa shape index (κ3) is 5.50. The number of rotatable bonds is 7. The minimum atomic E-state index is -1.05. The molecule has 2 amide bonds. The number of fused-ring (bicyclic) bond motifs is 3. The van der Waals surface area contributed by atoms with Crippen LogP contribution in [0.5, 0.6) is 6.01 Å². The molecule has 2 aromatic carbocycles. The Kier molecular flexibility index (Phi) is 8.12. The Morgan fingerprint density at radius 1 is 1.13 bits per heavy atom. The first-order valence-corrected chi connectivity index (χ1v) is 16.2. The summed E-state index contributed by atoms with van der Waals surface area (Å²) in [6.07, 6.45) is 3.57. The number of carbonyl (C=O) groups excluding carboxylic acids is 2. The van der Waals surface area contributed by atoms with E-state index in [2.05, 4.69) is 16.3 Å². The van der Waals surface area contributed by atoms with E-state index >= 15 is 0 Å². The number of carbonyl (C=O) groups is 2. The molecule has 0 saturated carbocycles. The van der Waals surface area contributed by atoms with Crippen LogP contribution in [0.25, 0.3) is 15.6 Å². The van der Waals surface area contributed by atoms with E-state index in [1.807, 2.05) is 28.0 Å². The van der Waals surface area contributed by atoms with Crippen molar-refractivity contribution in [1.82, 2.24) is 19.8 Å². The molecule has 1 unspecified atom stereocenters. The van der Waals surface area contributed by atoms with Crippen molar-refractivity contribution in [3.05, 3.63) is 76.3 Å². The van der Waals surface area contributed by atoms with Crippen LogP contribution >= 0.6 is 11.6 Å². The molecule has 47 heavy (non-hydrogen) atoms. The van der Waals surface area contributed by atoms with Gasteiger partial charge in [0.2, 0.25) is 12.5 Å². The smallest absolute Gasteiger partial charge is 0.318 e. The van der Waals surface area contributed by atoms with Gasteiger partial charge in [-0.2, -0.15) is 9.97 Å². The van der Waals surface area contributed by atoms with Gasteiger partial charge in [0.25, 0.3) is 5.91 Å². The van der Waals surface area contributed by atoms with E-state index in [-0.39, 0.29) is 48.7 Å². The maximum Gasteiger partial charge on any atom is 0.318 e. The number of hydrogen-bond acceptors (Lipinski definition) is 7. The summed E-state index contributed by atoms with van der Waals surface area (Å²) in [6.45, 7) is 13.5. The summed E-state index contributed by atoms with van der Waals surface area (Å²) in [5.41, 5.74) is 2.08. The number of hydrogen-bond donors (Lipinski definition) is 0. The largest absolute Gasteiger partial charge is 0.461 e. The number of anilines is 2. The highest BCUT2D eigenvalue weighted by Crippen LogP contribution is 2.41. The van der Waals surface area contributed by atoms with Gasteiger partial charge in [-0.1, -0.05) is 36.4 Å². The molecule has 0 N–H and O–H groups in total. The van der Waals surface area contributed by atoms with Crippen molar-refractivity contribution in [2.75, 3.05) is 55.7 Å². The van der Waals surface area contributed by atoms with E-state index in [0.29, 0.717) is 43.7 Å². The molecule has 3 saturated heterocycles. The van der Waals surface area contributed by atoms with E-state index in [9.17, 15) is 18.4 Å². The van der Waals surface area contributed by atoms with Crippen LogP contribution in [-0.4, -0.2) is 89.0 Å². The second kappa shape index (κ2) is 12.3. The molecule has 13 heteroatoms. The summed E-state index contributed by atoms with van der Waals surface area (Å²) in [4.78, 5) is 45.9. The molecule has 1 aromatic heterocycles. The molecule has 0 bridgehead atoms. The zero-order chi connectivity index (χ0) is 32.9. The molecule has 5 heterocycles. The average Bonchev–Trinajstić information content (AvgIpc) is 3.64. The highest BCUT2D eigenvalue weighted by atomic mass is 35.5. The van der Waals surface area contributed by atoms with Crippen molar-refractivity contribution in [2.24, 2.45) is 0 Å². The SMILES string of the molecule is [C-]#[N+]C[C@H]1CN(c2nc(OCC34CCCN3C(=O)CC4)nc3c2CCN(c2cccc4ccc(F)c(Cl)c24)C3)CCN1C(=O)C(=C)F. The van der Waals surface area contributed by atoms with E-state index < -0.39 is 23.6 Å². The molecule has 244 valence electrons. The molecule has 10 nitrogen and oxygen atoms in total. The summed E-state index contributed by atoms with van der Waals surface area (Å²) in [6, 6.07) is 8.44. The maximum atomic E-state index is 14.6. The monoisotopic (exact) mass is 661 g/mol. The van der Waals surface area contributed by atoms with Crippen LogP contribution in [0.3, 0.4) is 0 Å². The van der Waals surface area contributed by atoms with Gasteiger partial charge < -0.3 is 29.2 Å². The molecule has 4 aliphatic heterocycles. The van der Waals surface area contributed by atoms with Gasteiger partial charge >= 0.3 is 6.01 Å². The van der Waals surface area contributed by atoms with Crippen LogP contribution in [0, 0.1) is 12.4 Å². The number of benzene rings is 2. The summed E-state index contributed by atoms with van der Waals surface area (Å²) < 4.78 is 34.8. The van der Waals surface area contributed by atoms with E-state index in [4.69, 9.17) is 32.9 Å². The summed E-state index contributed by atoms with van der Waals surface area (Å²) in [5, 5.41) is 1.52. The first-order chi connectivity index (χ1) is 22.7. The van der Waals surface area contributed by atoms with Crippen molar-refractivity contribution < 1.29 is 23.1 Å². The fraction of sp³-hybridized carbons (Fsp3) is 0.441. The standard InChI is InChI=1S/C34H34ClF2N7O3/c1-21(36)32(46)43-16-15-42(18-23(43)17-38-2)31-24-10-14-41(27-6-3-5-22-7-8-25(37)30(35)29(22)27)19-26(24)39-33(40-31)47-20-34-11-4-13-44(34)28(45)9-12-34/h3,5-8,23H,1,4,9-20H2/t23-,34?/m0/s1. The van der Waals surface area contributed by atoms with Gasteiger partial charge in [0.05, 0.1) is 22.8 Å². The highest BCUT2D eigenvalue weighted by molar-refractivity contribution is 6.36. The molecule has 7 rings (SSSR count). The lowest BCUT2D eigenvalue weighted by Gasteiger charge is -2.41. The summed E-state index contributed by atoms with van der Waals surface area (Å²) in [7, 11) is 0. The van der Waals surface area contributed by atoms with Crippen LogP contribution in [0.15, 0.2) is 42.7 Å². The van der Waals surface area contributed by atoms with Gasteiger partial charge in [-0.3, -0.25) is 9.59 Å². The van der Waals surface area contributed by atoms with Crippen molar-refractivity contribution in [3.8, 4) is 6.01 Å². The Labute approximate surface area is 276 Å². The number of amides is 2. The Hall–Kier alpha value is -4.50. The Morgan fingerprint density at radius 2 is 1.98 bits per heavy atom. The predicted molar refractivity (Wildman–Crippen MR) is 174 cm³/mol. The number of halogens is 3. The van der Waals surface area contributed by atoms with Crippen LogP contribution in [0.1, 0.15) is 36.9 Å². The predicted octanol–water partition coefficient (Wildman–Crippen LogP) is 4.94. The summed E-state index contributed by atoms with van der Waals surface area (Å²) in [5.74, 6) is -1.55. The Bertz CT molecular complexity index is 1830. The number of nitrogens with zero attached hydrogens (tertiary/aromatic N) is 7. The van der Waals surface area contributed by atoms with Gasteiger partial charge in [0.15, 0.2) is 5.83 Å². The van der Waals surface area contributed by atoms with Crippen LogP contribution in [0.2, 0.25) is 5.02 Å². The molecular formula is C34H34ClF2N7O3. The zero-order valence-corrected chi connectivity index (χ0v) is 26.6. The van der Waals surface area contributed by atoms with Gasteiger partial charge in [-0.15, -0.1) is 0 Å². The Balaban J connectivity index is 1.24. The molecule has 4 aliphatic rings. The topological polar surface area (TPSA) is 86.5 Å². The third-order valence-corrected chi connectivity index (χ3v) is 10.4. The second-order valence-corrected chi connectivity index (χ2v) is 13.0. The zero-order valence-electron chi connectivity index (χ0n) is 25.9. The van der Waals surface area contributed by atoms with E-state index in [0.717, 1.165) is 48.1 Å². The first kappa shape index (κ1) is 31.1. The van der Waals surface area contributed by atoms with E-state index in [1.165, 1.54) is 11.0 Å². The van der Waals surface area contributed by atoms with Crippen molar-refractivity contribution >= 4 is 45.7 Å². The lowest BCUT2D eigenvalue weighted by molar-refractivity contribution is -0.131. The maximum absolute atomic E-state index is 14.6. The van der Waals surface area contributed by atoms with Gasteiger partial charge in [-0.25, -0.2) is 15.4 Å². The van der Waals surface area contributed by atoms with Gasteiger partial charge in [0.1, 0.15) is 24.3 Å². The molecule has 0 radical (unpaired) electrons. The lowest BCUT2D eigenvalue weighted by atomic mass is 9.95. The second-order valence-electron chi connectivity index (χ2n) is 12.7. The van der Waals surface area contributed by atoms with Crippen LogP contribution in [-0.2, 0) is 22.6 Å². The highest BCUT2D eigenvalue weighted by Gasteiger charge is 2.49. The molecule has 0 aliphatic carbocycles. The molecule has 3 aromatic rings. The number of aromatic nitrogens is 2. The molecule has 2 atom stereocenters. The molecule has 3 fully saturated rings. The first-order valence-electron chi connectivity index (χ1n) is 15.9. The number of piperazine rings is 1. The normalized spacial score (nSPS) is 22.3. The fourth-order valence-electron chi connectivity index (χ4n) is 7.69. The van der Waals surface area contributed by atoms with Crippen molar-refractivity contribution in [1.29, 1.82) is 0 Å². The Morgan fingerprint density at radius 3 is 2.79 bits per heavy atom. The van der Waals surface area contributed by atoms with Gasteiger partial charge in [-0.05, 0) is 43.2 Å². The van der Waals surface area contributed by atoms with Gasteiger partial charge in [0, 0.05) is 55.8 Å². The van der Waals surface area contributed by atoms with Crippen LogP contribution in [0.4, 0.5) is 20.3 Å². The van der Waals surface area contributed by atoms with E-state index in [1.54, 1.807) is 6.07 Å². The lowest BCUT2D eigenvalue weighted by Crippen LogP contribution is -2.57. The third-order valence-electron chi connectivity index (χ3n) is 10.0. The quantitative estimate of drug-likeness (QED) is 0.262. The minimum Gasteiger partial charge on any atom is -0.461 e.